The second kappa shape index (κ2) is 8.97. The zero-order valence-electron chi connectivity index (χ0n) is 13.4. The first-order valence-electron chi connectivity index (χ1n) is 7.26. The number of rotatable bonds is 7. The monoisotopic (exact) mass is 296 g/mol. The molecule has 1 unspecified atom stereocenters. The van der Waals surface area contributed by atoms with Crippen LogP contribution in [0.3, 0.4) is 0 Å². The summed E-state index contributed by atoms with van der Waals surface area (Å²) in [5, 5.41) is 6.70. The Balaban J connectivity index is 2.26. The van der Waals surface area contributed by atoms with Gasteiger partial charge < -0.3 is 15.5 Å². The smallest absolute Gasteiger partial charge is 0.191 e. The van der Waals surface area contributed by atoms with Crippen LogP contribution in [0.2, 0.25) is 0 Å². The average Bonchev–Trinajstić information content (AvgIpc) is 2.87. The van der Waals surface area contributed by atoms with E-state index in [0.29, 0.717) is 6.04 Å². The molecule has 2 N–H and O–H groups in total. The molecule has 0 bridgehead atoms. The summed E-state index contributed by atoms with van der Waals surface area (Å²) >= 11 is 1.82. The molecule has 1 atom stereocenters. The van der Waals surface area contributed by atoms with Gasteiger partial charge in [-0.05, 0) is 39.4 Å². The number of likely N-dealkylation sites (N-methyl/N-ethyl adjacent to an activating group) is 1. The van der Waals surface area contributed by atoms with Crippen LogP contribution in [0.25, 0.3) is 0 Å². The topological polar surface area (TPSA) is 39.7 Å². The molecular formula is C15H28N4S. The third-order valence-electron chi connectivity index (χ3n) is 3.55. The number of guanidine groups is 1. The van der Waals surface area contributed by atoms with Crippen molar-refractivity contribution in [1.82, 2.24) is 15.5 Å². The number of hydrogen-bond donors (Lipinski definition) is 2. The van der Waals surface area contributed by atoms with E-state index in [1.807, 2.05) is 18.4 Å². The van der Waals surface area contributed by atoms with Gasteiger partial charge in [-0.25, -0.2) is 0 Å². The second-order valence-electron chi connectivity index (χ2n) is 5.10. The van der Waals surface area contributed by atoms with Crippen LogP contribution in [0.15, 0.2) is 17.1 Å². The molecule has 0 saturated heterocycles. The van der Waals surface area contributed by atoms with Crippen LogP contribution in [-0.2, 0) is 6.54 Å². The minimum absolute atomic E-state index is 0.626. The fourth-order valence-electron chi connectivity index (χ4n) is 1.85. The zero-order chi connectivity index (χ0) is 15.0. The van der Waals surface area contributed by atoms with E-state index in [1.54, 1.807) is 0 Å². The maximum Gasteiger partial charge on any atom is 0.191 e. The fourth-order valence-corrected chi connectivity index (χ4v) is 2.68. The van der Waals surface area contributed by atoms with Crippen molar-refractivity contribution in [3.05, 3.63) is 21.9 Å². The Kier molecular flexibility index (Phi) is 7.62. The van der Waals surface area contributed by atoms with Crippen molar-refractivity contribution in [3.63, 3.8) is 0 Å². The molecule has 4 nitrogen and oxygen atoms in total. The molecule has 0 aromatic carbocycles. The number of thiophene rings is 1. The van der Waals surface area contributed by atoms with E-state index in [9.17, 15) is 0 Å². The van der Waals surface area contributed by atoms with Gasteiger partial charge in [-0.15, -0.1) is 11.3 Å². The van der Waals surface area contributed by atoms with Crippen molar-refractivity contribution in [1.29, 1.82) is 0 Å². The zero-order valence-corrected chi connectivity index (χ0v) is 14.2. The predicted octanol–water partition coefficient (Wildman–Crippen LogP) is 2.45. The summed E-state index contributed by atoms with van der Waals surface area (Å²) in [6, 6.07) is 4.94. The minimum Gasteiger partial charge on any atom is -0.355 e. The largest absolute Gasteiger partial charge is 0.355 e. The first-order chi connectivity index (χ1) is 9.56. The van der Waals surface area contributed by atoms with Crippen LogP contribution < -0.4 is 10.6 Å². The average molecular weight is 296 g/mol. The van der Waals surface area contributed by atoms with Crippen LogP contribution >= 0.6 is 11.3 Å². The summed E-state index contributed by atoms with van der Waals surface area (Å²) in [5.41, 5.74) is 0. The summed E-state index contributed by atoms with van der Waals surface area (Å²) in [5.74, 6) is 0.869. The van der Waals surface area contributed by atoms with E-state index >= 15 is 0 Å². The highest BCUT2D eigenvalue weighted by Gasteiger charge is 2.06. The van der Waals surface area contributed by atoms with E-state index in [0.717, 1.165) is 25.6 Å². The molecule has 114 valence electrons. The third kappa shape index (κ3) is 5.92. The molecule has 0 aliphatic rings. The molecule has 1 aromatic heterocycles. The van der Waals surface area contributed by atoms with Crippen molar-refractivity contribution < 1.29 is 0 Å². The van der Waals surface area contributed by atoms with Gasteiger partial charge in [0, 0.05) is 35.9 Å². The maximum atomic E-state index is 4.25. The van der Waals surface area contributed by atoms with E-state index in [1.165, 1.54) is 16.2 Å². The highest BCUT2D eigenvalue weighted by molar-refractivity contribution is 7.11. The van der Waals surface area contributed by atoms with Crippen molar-refractivity contribution in [2.45, 2.75) is 39.8 Å². The number of nitrogens with one attached hydrogen (secondary N) is 2. The van der Waals surface area contributed by atoms with Gasteiger partial charge in [0.1, 0.15) is 0 Å². The summed E-state index contributed by atoms with van der Waals surface area (Å²) in [4.78, 5) is 9.30. The van der Waals surface area contributed by atoms with E-state index < -0.39 is 0 Å². The summed E-state index contributed by atoms with van der Waals surface area (Å²) in [6.45, 7) is 9.37. The Labute approximate surface area is 127 Å². The standard InChI is InChI=1S/C15H28N4S/c1-6-12(2)19(5)10-9-17-15(16-4)18-11-14-8-7-13(3)20-14/h7-8,12H,6,9-11H2,1-5H3,(H2,16,17,18). The minimum atomic E-state index is 0.626. The van der Waals surface area contributed by atoms with E-state index in [2.05, 4.69) is 60.5 Å². The van der Waals surface area contributed by atoms with Crippen molar-refractivity contribution in [2.24, 2.45) is 4.99 Å². The van der Waals surface area contributed by atoms with Crippen LogP contribution in [-0.4, -0.2) is 44.1 Å². The number of aryl methyl sites for hydroxylation is 1. The Morgan fingerprint density at radius 3 is 2.70 bits per heavy atom. The Morgan fingerprint density at radius 2 is 2.15 bits per heavy atom. The lowest BCUT2D eigenvalue weighted by Crippen LogP contribution is -2.42. The van der Waals surface area contributed by atoms with Crippen LogP contribution in [0.4, 0.5) is 0 Å². The Morgan fingerprint density at radius 1 is 1.40 bits per heavy atom. The number of nitrogens with zero attached hydrogens (tertiary/aromatic N) is 2. The van der Waals surface area contributed by atoms with Crippen LogP contribution in [0, 0.1) is 6.92 Å². The van der Waals surface area contributed by atoms with E-state index in [4.69, 9.17) is 0 Å². The first-order valence-corrected chi connectivity index (χ1v) is 8.08. The third-order valence-corrected chi connectivity index (χ3v) is 4.55. The highest BCUT2D eigenvalue weighted by Crippen LogP contribution is 2.14. The van der Waals surface area contributed by atoms with Gasteiger partial charge in [0.25, 0.3) is 0 Å². The summed E-state index contributed by atoms with van der Waals surface area (Å²) < 4.78 is 0. The quantitative estimate of drug-likeness (QED) is 0.600. The Bertz CT molecular complexity index is 414. The van der Waals surface area contributed by atoms with Crippen LogP contribution in [0.5, 0.6) is 0 Å². The van der Waals surface area contributed by atoms with Crippen molar-refractivity contribution >= 4 is 17.3 Å². The lowest BCUT2D eigenvalue weighted by Gasteiger charge is -2.23. The SMILES string of the molecule is CCC(C)N(C)CCNC(=NC)NCc1ccc(C)s1. The molecule has 0 aliphatic carbocycles. The molecule has 5 heteroatoms. The molecule has 0 amide bonds. The van der Waals surface area contributed by atoms with E-state index in [-0.39, 0.29) is 0 Å². The molecule has 20 heavy (non-hydrogen) atoms. The molecular weight excluding hydrogens is 268 g/mol. The second-order valence-corrected chi connectivity index (χ2v) is 6.48. The maximum absolute atomic E-state index is 4.25. The molecule has 0 saturated carbocycles. The van der Waals surface area contributed by atoms with Gasteiger partial charge in [0.05, 0.1) is 6.54 Å². The van der Waals surface area contributed by atoms with Gasteiger partial charge in [0.2, 0.25) is 0 Å². The highest BCUT2D eigenvalue weighted by atomic mass is 32.1. The lowest BCUT2D eigenvalue weighted by atomic mass is 10.2. The lowest BCUT2D eigenvalue weighted by molar-refractivity contribution is 0.255. The van der Waals surface area contributed by atoms with Crippen molar-refractivity contribution in [3.8, 4) is 0 Å². The van der Waals surface area contributed by atoms with Crippen LogP contribution in [0.1, 0.15) is 30.0 Å². The normalized spacial score (nSPS) is 13.6. The fraction of sp³-hybridized carbons (Fsp3) is 0.667. The van der Waals surface area contributed by atoms with Crippen molar-refractivity contribution in [2.75, 3.05) is 27.2 Å². The number of aliphatic imine (C=N–C) groups is 1. The summed E-state index contributed by atoms with van der Waals surface area (Å²) in [7, 11) is 3.98. The predicted molar refractivity (Wildman–Crippen MR) is 89.6 cm³/mol. The molecule has 1 heterocycles. The number of hydrogen-bond acceptors (Lipinski definition) is 3. The van der Waals surface area contributed by atoms with Gasteiger partial charge in [-0.1, -0.05) is 6.92 Å². The molecule has 0 aliphatic heterocycles. The molecule has 1 rings (SSSR count). The molecule has 0 spiro atoms. The molecule has 1 aromatic rings. The molecule has 0 radical (unpaired) electrons. The van der Waals surface area contributed by atoms with Gasteiger partial charge in [0.15, 0.2) is 5.96 Å². The van der Waals surface area contributed by atoms with Gasteiger partial charge >= 0.3 is 0 Å². The Hall–Kier alpha value is -1.07. The summed E-state index contributed by atoms with van der Waals surface area (Å²) in [6.07, 6.45) is 1.18. The first kappa shape index (κ1) is 17.0. The van der Waals surface area contributed by atoms with Gasteiger partial charge in [-0.2, -0.15) is 0 Å². The van der Waals surface area contributed by atoms with Gasteiger partial charge in [-0.3, -0.25) is 4.99 Å². The molecule has 0 fully saturated rings.